The highest BCUT2D eigenvalue weighted by atomic mass is 16.2. The minimum Gasteiger partial charge on any atom is -0.433 e. The molecule has 0 saturated heterocycles. The van der Waals surface area contributed by atoms with Crippen molar-refractivity contribution in [1.82, 2.24) is 15.0 Å². The molecule has 3 N–H and O–H groups in total. The summed E-state index contributed by atoms with van der Waals surface area (Å²) in [5.41, 5.74) is 0. The molecular formula is C6H12B2N4O2. The zero-order valence-electron chi connectivity index (χ0n) is 8.12. The van der Waals surface area contributed by atoms with Gasteiger partial charge in [-0.2, -0.15) is 5.10 Å². The SMILES string of the molecule is CB(O)/N=C(/NB(C)O)n1cccn1. The molecule has 1 aromatic rings. The Labute approximate surface area is 82.9 Å². The molecule has 1 heterocycles. The van der Waals surface area contributed by atoms with Gasteiger partial charge in [-0.05, 0) is 19.7 Å². The Morgan fingerprint density at radius 1 is 1.50 bits per heavy atom. The van der Waals surface area contributed by atoms with E-state index in [1.54, 1.807) is 25.3 Å². The second-order valence-corrected chi connectivity index (χ2v) is 2.86. The first kappa shape index (κ1) is 10.8. The standard InChI is InChI=1S/C6H12B2N4O2/c1-7(13)10-6(11-8(2)14)12-5-3-4-9-12/h3-5,13-14H,1-2H3,(H,10,11). The largest absolute Gasteiger partial charge is 0.433 e. The molecule has 0 radical (unpaired) electrons. The molecule has 74 valence electrons. The van der Waals surface area contributed by atoms with Gasteiger partial charge in [0, 0.05) is 12.4 Å². The number of aromatic nitrogens is 2. The van der Waals surface area contributed by atoms with Gasteiger partial charge in [-0.1, -0.05) is 0 Å². The van der Waals surface area contributed by atoms with E-state index < -0.39 is 14.1 Å². The van der Waals surface area contributed by atoms with Crippen LogP contribution in [0, 0.1) is 0 Å². The van der Waals surface area contributed by atoms with Crippen LogP contribution in [0.4, 0.5) is 0 Å². The average Bonchev–Trinajstić information content (AvgIpc) is 2.52. The van der Waals surface area contributed by atoms with Crippen LogP contribution in [0.1, 0.15) is 0 Å². The third kappa shape index (κ3) is 3.23. The first-order valence-corrected chi connectivity index (χ1v) is 4.30. The van der Waals surface area contributed by atoms with Gasteiger partial charge in [-0.3, -0.25) is 4.90 Å². The predicted octanol–water partition coefficient (Wildman–Crippen LogP) is -1.10. The molecule has 0 amide bonds. The van der Waals surface area contributed by atoms with E-state index in [-0.39, 0.29) is 0 Å². The Bertz CT molecular complexity index is 299. The molecule has 14 heavy (non-hydrogen) atoms. The van der Waals surface area contributed by atoms with Crippen LogP contribution < -0.4 is 5.23 Å². The van der Waals surface area contributed by atoms with E-state index in [1.807, 2.05) is 0 Å². The molecule has 0 bridgehead atoms. The highest BCUT2D eigenvalue weighted by Crippen LogP contribution is 1.87. The fourth-order valence-corrected chi connectivity index (χ4v) is 0.920. The van der Waals surface area contributed by atoms with Crippen molar-refractivity contribution < 1.29 is 10.0 Å². The summed E-state index contributed by atoms with van der Waals surface area (Å²) in [6.07, 6.45) is 3.25. The van der Waals surface area contributed by atoms with Gasteiger partial charge in [0.15, 0.2) is 5.96 Å². The minimum absolute atomic E-state index is 0.306. The van der Waals surface area contributed by atoms with Gasteiger partial charge in [0.05, 0.1) is 0 Å². The maximum absolute atomic E-state index is 9.12. The van der Waals surface area contributed by atoms with Crippen molar-refractivity contribution in [3.63, 3.8) is 0 Å². The molecular weight excluding hydrogens is 182 g/mol. The molecule has 1 rings (SSSR count). The van der Waals surface area contributed by atoms with Crippen molar-refractivity contribution in [2.75, 3.05) is 0 Å². The van der Waals surface area contributed by atoms with E-state index >= 15 is 0 Å². The predicted molar refractivity (Wildman–Crippen MR) is 55.9 cm³/mol. The van der Waals surface area contributed by atoms with Gasteiger partial charge < -0.3 is 15.3 Å². The van der Waals surface area contributed by atoms with Crippen LogP contribution in [0.25, 0.3) is 0 Å². The lowest BCUT2D eigenvalue weighted by molar-refractivity contribution is 0.568. The van der Waals surface area contributed by atoms with Crippen LogP contribution in [0.5, 0.6) is 0 Å². The summed E-state index contributed by atoms with van der Waals surface area (Å²) in [7, 11) is -1.60. The summed E-state index contributed by atoms with van der Waals surface area (Å²) in [5, 5.41) is 24.8. The molecule has 0 unspecified atom stereocenters. The quantitative estimate of drug-likeness (QED) is 0.317. The molecule has 0 aromatic carbocycles. The first-order valence-electron chi connectivity index (χ1n) is 4.30. The van der Waals surface area contributed by atoms with Crippen molar-refractivity contribution in [2.24, 2.45) is 4.90 Å². The Morgan fingerprint density at radius 2 is 2.21 bits per heavy atom. The van der Waals surface area contributed by atoms with Crippen LogP contribution in [-0.4, -0.2) is 39.9 Å². The third-order valence-electron chi connectivity index (χ3n) is 1.37. The van der Waals surface area contributed by atoms with Crippen molar-refractivity contribution in [2.45, 2.75) is 13.6 Å². The van der Waals surface area contributed by atoms with E-state index in [4.69, 9.17) is 10.0 Å². The Balaban J connectivity index is 2.83. The van der Waals surface area contributed by atoms with Crippen molar-refractivity contribution in [1.29, 1.82) is 0 Å². The van der Waals surface area contributed by atoms with Gasteiger partial charge in [0.25, 0.3) is 0 Å². The summed E-state index contributed by atoms with van der Waals surface area (Å²) in [4.78, 5) is 3.86. The first-order chi connectivity index (χ1) is 6.59. The maximum Gasteiger partial charge on any atom is 0.431 e. The van der Waals surface area contributed by atoms with E-state index in [0.717, 1.165) is 0 Å². The second kappa shape index (κ2) is 4.82. The average molecular weight is 194 g/mol. The lowest BCUT2D eigenvalue weighted by Gasteiger charge is -2.10. The highest BCUT2D eigenvalue weighted by Gasteiger charge is 2.11. The fraction of sp³-hybridized carbons (Fsp3) is 0.333. The molecule has 0 fully saturated rings. The van der Waals surface area contributed by atoms with Crippen molar-refractivity contribution >= 4 is 20.1 Å². The van der Waals surface area contributed by atoms with Crippen LogP contribution in [0.3, 0.4) is 0 Å². The molecule has 0 aliphatic carbocycles. The summed E-state index contributed by atoms with van der Waals surface area (Å²) >= 11 is 0. The Morgan fingerprint density at radius 3 is 2.64 bits per heavy atom. The van der Waals surface area contributed by atoms with E-state index in [0.29, 0.717) is 5.96 Å². The lowest BCUT2D eigenvalue weighted by Crippen LogP contribution is -2.41. The van der Waals surface area contributed by atoms with Crippen molar-refractivity contribution in [3.8, 4) is 0 Å². The smallest absolute Gasteiger partial charge is 0.431 e. The van der Waals surface area contributed by atoms with Gasteiger partial charge in [-0.25, -0.2) is 4.68 Å². The molecule has 0 spiro atoms. The maximum atomic E-state index is 9.12. The van der Waals surface area contributed by atoms with Crippen LogP contribution >= 0.6 is 0 Å². The highest BCUT2D eigenvalue weighted by molar-refractivity contribution is 6.52. The third-order valence-corrected chi connectivity index (χ3v) is 1.37. The van der Waals surface area contributed by atoms with Crippen LogP contribution in [0.15, 0.2) is 23.4 Å². The summed E-state index contributed by atoms with van der Waals surface area (Å²) in [6.45, 7) is 3.08. The van der Waals surface area contributed by atoms with Gasteiger partial charge in [0.2, 0.25) is 0 Å². The molecule has 0 atom stereocenters. The van der Waals surface area contributed by atoms with E-state index in [2.05, 4.69) is 15.2 Å². The molecule has 8 heteroatoms. The number of hydrogen-bond acceptors (Lipinski definition) is 4. The number of rotatable bonds is 2. The van der Waals surface area contributed by atoms with Crippen LogP contribution in [0.2, 0.25) is 13.6 Å². The molecule has 0 aliphatic heterocycles. The monoisotopic (exact) mass is 194 g/mol. The molecule has 0 saturated carbocycles. The normalized spacial score (nSPS) is 11.3. The van der Waals surface area contributed by atoms with E-state index in [1.165, 1.54) is 11.5 Å². The summed E-state index contributed by atoms with van der Waals surface area (Å²) in [6, 6.07) is 1.72. The molecule has 1 aromatic heterocycles. The number of nitrogens with zero attached hydrogens (tertiary/aromatic N) is 3. The topological polar surface area (TPSA) is 82.7 Å². The second-order valence-electron chi connectivity index (χ2n) is 2.86. The fourth-order valence-electron chi connectivity index (χ4n) is 0.920. The zero-order chi connectivity index (χ0) is 10.6. The van der Waals surface area contributed by atoms with E-state index in [9.17, 15) is 0 Å². The van der Waals surface area contributed by atoms with Gasteiger partial charge in [-0.15, -0.1) is 0 Å². The zero-order valence-corrected chi connectivity index (χ0v) is 8.12. The van der Waals surface area contributed by atoms with Crippen LogP contribution in [-0.2, 0) is 0 Å². The van der Waals surface area contributed by atoms with Crippen molar-refractivity contribution in [3.05, 3.63) is 18.5 Å². The summed E-state index contributed by atoms with van der Waals surface area (Å²) < 4.78 is 1.43. The molecule has 0 aliphatic rings. The lowest BCUT2D eigenvalue weighted by atomic mass is 9.88. The summed E-state index contributed by atoms with van der Waals surface area (Å²) in [5.74, 6) is 0.306. The van der Waals surface area contributed by atoms with Gasteiger partial charge in [0.1, 0.15) is 0 Å². The Hall–Kier alpha value is -1.27. The number of hydrogen-bond donors (Lipinski definition) is 3. The molecule has 6 nitrogen and oxygen atoms in total. The number of nitrogens with one attached hydrogen (secondary N) is 1. The Kier molecular flexibility index (Phi) is 3.73. The van der Waals surface area contributed by atoms with Gasteiger partial charge >= 0.3 is 14.1 Å². The minimum atomic E-state index is -0.847.